The number of aromatic nitrogens is 2. The van der Waals surface area contributed by atoms with Gasteiger partial charge in [0.05, 0.1) is 16.2 Å². The standard InChI is InChI=1S/C19H11N3O4/c23-15-10-11-16(24)19-17(15)18(12-6-8-14(9-7-12)22(25)26)20-21(19)13-4-2-1-3-5-13/h1-11H. The summed E-state index contributed by atoms with van der Waals surface area (Å²) in [5, 5.41) is 15.3. The number of nitro benzene ring substituents is 1. The van der Waals surface area contributed by atoms with E-state index in [0.717, 1.165) is 0 Å². The molecule has 0 spiro atoms. The molecule has 4 rings (SSSR count). The lowest BCUT2D eigenvalue weighted by Crippen LogP contribution is -2.15. The van der Waals surface area contributed by atoms with Crippen molar-refractivity contribution in [3.8, 4) is 16.9 Å². The van der Waals surface area contributed by atoms with Crippen molar-refractivity contribution < 1.29 is 14.5 Å². The molecular weight excluding hydrogens is 334 g/mol. The van der Waals surface area contributed by atoms with Crippen molar-refractivity contribution in [2.24, 2.45) is 0 Å². The Hall–Kier alpha value is -3.87. The maximum atomic E-state index is 12.4. The predicted molar refractivity (Wildman–Crippen MR) is 93.5 cm³/mol. The van der Waals surface area contributed by atoms with Crippen molar-refractivity contribution in [1.82, 2.24) is 9.78 Å². The maximum absolute atomic E-state index is 12.4. The third-order valence-electron chi connectivity index (χ3n) is 4.10. The molecule has 1 aromatic heterocycles. The summed E-state index contributed by atoms with van der Waals surface area (Å²) in [6.07, 6.45) is 2.45. The largest absolute Gasteiger partial charge is 0.289 e. The number of rotatable bonds is 3. The number of ketones is 2. The molecule has 7 nitrogen and oxygen atoms in total. The second-order valence-corrected chi connectivity index (χ2v) is 5.69. The Bertz CT molecular complexity index is 1080. The summed E-state index contributed by atoms with van der Waals surface area (Å²) in [7, 11) is 0. The molecule has 26 heavy (non-hydrogen) atoms. The van der Waals surface area contributed by atoms with Crippen LogP contribution in [0, 0.1) is 10.1 Å². The molecule has 126 valence electrons. The normalized spacial score (nSPS) is 12.9. The Morgan fingerprint density at radius 2 is 1.54 bits per heavy atom. The van der Waals surface area contributed by atoms with Crippen LogP contribution in [0.1, 0.15) is 20.8 Å². The fraction of sp³-hybridized carbons (Fsp3) is 0. The van der Waals surface area contributed by atoms with Crippen molar-refractivity contribution in [3.05, 3.63) is 88.1 Å². The van der Waals surface area contributed by atoms with Crippen LogP contribution < -0.4 is 0 Å². The van der Waals surface area contributed by atoms with E-state index in [2.05, 4.69) is 5.10 Å². The number of benzene rings is 2. The molecule has 0 bridgehead atoms. The smallest absolute Gasteiger partial charge is 0.269 e. The molecule has 1 aliphatic rings. The van der Waals surface area contributed by atoms with Gasteiger partial charge in [0, 0.05) is 17.7 Å². The summed E-state index contributed by atoms with van der Waals surface area (Å²) < 4.78 is 1.44. The molecular formula is C19H11N3O4. The number of fused-ring (bicyclic) bond motifs is 1. The highest BCUT2D eigenvalue weighted by molar-refractivity contribution is 6.23. The summed E-state index contributed by atoms with van der Waals surface area (Å²) in [4.78, 5) is 35.2. The highest BCUT2D eigenvalue weighted by Gasteiger charge is 2.30. The van der Waals surface area contributed by atoms with Crippen molar-refractivity contribution >= 4 is 17.3 Å². The SMILES string of the molecule is O=C1C=CC(=O)c2c1c(-c1ccc([N+](=O)[O-])cc1)nn2-c1ccccc1. The molecule has 1 heterocycles. The van der Waals surface area contributed by atoms with Crippen LogP contribution in [0.5, 0.6) is 0 Å². The summed E-state index contributed by atoms with van der Waals surface area (Å²) in [6.45, 7) is 0. The average Bonchev–Trinajstić information content (AvgIpc) is 3.07. The minimum atomic E-state index is -0.501. The number of hydrogen-bond acceptors (Lipinski definition) is 5. The van der Waals surface area contributed by atoms with E-state index in [9.17, 15) is 19.7 Å². The fourth-order valence-electron chi connectivity index (χ4n) is 2.89. The predicted octanol–water partition coefficient (Wildman–Crippen LogP) is 3.38. The first-order valence-corrected chi connectivity index (χ1v) is 7.76. The first kappa shape index (κ1) is 15.6. The Kier molecular flexibility index (Phi) is 3.54. The number of nitro groups is 1. The minimum absolute atomic E-state index is 0.0626. The number of non-ortho nitro benzene ring substituents is 1. The van der Waals surface area contributed by atoms with Crippen LogP contribution in [0.3, 0.4) is 0 Å². The van der Waals surface area contributed by atoms with Crippen LogP contribution in [0.25, 0.3) is 16.9 Å². The Morgan fingerprint density at radius 1 is 0.885 bits per heavy atom. The van der Waals surface area contributed by atoms with Gasteiger partial charge >= 0.3 is 0 Å². The van der Waals surface area contributed by atoms with E-state index in [1.165, 1.54) is 41.1 Å². The summed E-state index contributed by atoms with van der Waals surface area (Å²) in [6, 6.07) is 14.7. The molecule has 0 radical (unpaired) electrons. The van der Waals surface area contributed by atoms with Gasteiger partial charge in [-0.1, -0.05) is 18.2 Å². The lowest BCUT2D eigenvalue weighted by Gasteiger charge is -2.08. The third-order valence-corrected chi connectivity index (χ3v) is 4.10. The van der Waals surface area contributed by atoms with Crippen molar-refractivity contribution in [2.75, 3.05) is 0 Å². The number of carbonyl (C=O) groups is 2. The first-order valence-electron chi connectivity index (χ1n) is 7.76. The van der Waals surface area contributed by atoms with Crippen molar-refractivity contribution in [1.29, 1.82) is 0 Å². The molecule has 0 saturated heterocycles. The van der Waals surface area contributed by atoms with Crippen LogP contribution in [-0.2, 0) is 0 Å². The molecule has 0 unspecified atom stereocenters. The lowest BCUT2D eigenvalue weighted by molar-refractivity contribution is -0.384. The van der Waals surface area contributed by atoms with E-state index < -0.39 is 4.92 Å². The molecule has 0 aliphatic heterocycles. The van der Waals surface area contributed by atoms with Gasteiger partial charge in [-0.3, -0.25) is 19.7 Å². The second kappa shape index (κ2) is 5.89. The number of nitrogens with zero attached hydrogens (tertiary/aromatic N) is 3. The Labute approximate surface area is 147 Å². The number of hydrogen-bond donors (Lipinski definition) is 0. The van der Waals surface area contributed by atoms with Crippen LogP contribution in [0.2, 0.25) is 0 Å². The molecule has 7 heteroatoms. The molecule has 0 fully saturated rings. The van der Waals surface area contributed by atoms with E-state index >= 15 is 0 Å². The lowest BCUT2D eigenvalue weighted by atomic mass is 9.96. The van der Waals surface area contributed by atoms with E-state index in [1.807, 2.05) is 6.07 Å². The zero-order chi connectivity index (χ0) is 18.3. The second-order valence-electron chi connectivity index (χ2n) is 5.69. The summed E-state index contributed by atoms with van der Waals surface area (Å²) in [5.41, 5.74) is 1.83. The summed E-state index contributed by atoms with van der Waals surface area (Å²) >= 11 is 0. The average molecular weight is 345 g/mol. The molecule has 3 aromatic rings. The Balaban J connectivity index is 1.95. The quantitative estimate of drug-likeness (QED) is 0.536. The van der Waals surface area contributed by atoms with Gasteiger partial charge in [-0.2, -0.15) is 5.10 Å². The fourth-order valence-corrected chi connectivity index (χ4v) is 2.89. The van der Waals surface area contributed by atoms with Gasteiger partial charge in [0.1, 0.15) is 11.4 Å². The zero-order valence-corrected chi connectivity index (χ0v) is 13.3. The van der Waals surface area contributed by atoms with Gasteiger partial charge in [-0.25, -0.2) is 4.68 Å². The van der Waals surface area contributed by atoms with Crippen LogP contribution in [0.15, 0.2) is 66.7 Å². The first-order chi connectivity index (χ1) is 12.6. The monoisotopic (exact) mass is 345 g/mol. The topological polar surface area (TPSA) is 95.1 Å². The van der Waals surface area contributed by atoms with Gasteiger partial charge in [0.15, 0.2) is 5.78 Å². The van der Waals surface area contributed by atoms with Crippen LogP contribution in [-0.4, -0.2) is 26.3 Å². The van der Waals surface area contributed by atoms with Gasteiger partial charge in [-0.15, -0.1) is 0 Å². The molecule has 2 aromatic carbocycles. The van der Waals surface area contributed by atoms with Gasteiger partial charge in [-0.05, 0) is 36.4 Å². The van der Waals surface area contributed by atoms with E-state index in [4.69, 9.17) is 0 Å². The van der Waals surface area contributed by atoms with Crippen molar-refractivity contribution in [3.63, 3.8) is 0 Å². The van der Waals surface area contributed by atoms with Gasteiger partial charge in [0.2, 0.25) is 5.78 Å². The molecule has 0 saturated carbocycles. The zero-order valence-electron chi connectivity index (χ0n) is 13.3. The highest BCUT2D eigenvalue weighted by atomic mass is 16.6. The molecule has 0 N–H and O–H groups in total. The number of carbonyl (C=O) groups excluding carboxylic acids is 2. The maximum Gasteiger partial charge on any atom is 0.269 e. The number of para-hydroxylation sites is 1. The minimum Gasteiger partial charge on any atom is -0.289 e. The van der Waals surface area contributed by atoms with Crippen LogP contribution in [0.4, 0.5) is 5.69 Å². The van der Waals surface area contributed by atoms with Gasteiger partial charge in [0.25, 0.3) is 5.69 Å². The molecule has 1 aliphatic carbocycles. The van der Waals surface area contributed by atoms with E-state index in [-0.39, 0.29) is 28.5 Å². The molecule has 0 amide bonds. The van der Waals surface area contributed by atoms with Crippen molar-refractivity contribution in [2.45, 2.75) is 0 Å². The van der Waals surface area contributed by atoms with E-state index in [1.54, 1.807) is 24.3 Å². The molecule has 0 atom stereocenters. The van der Waals surface area contributed by atoms with Crippen LogP contribution >= 0.6 is 0 Å². The number of allylic oxidation sites excluding steroid dienone is 2. The highest BCUT2D eigenvalue weighted by Crippen LogP contribution is 2.31. The third kappa shape index (κ3) is 2.42. The van der Waals surface area contributed by atoms with E-state index in [0.29, 0.717) is 16.9 Å². The Morgan fingerprint density at radius 3 is 2.19 bits per heavy atom. The summed E-state index contributed by atoms with van der Waals surface area (Å²) in [5.74, 6) is -0.640. The van der Waals surface area contributed by atoms with Gasteiger partial charge < -0.3 is 0 Å².